The Bertz CT molecular complexity index is 1080. The largest absolute Gasteiger partial charge is 0.439 e. The molecule has 0 radical (unpaired) electrons. The number of nitrogens with zero attached hydrogens (tertiary/aromatic N) is 5. The molecule has 2 N–H and O–H groups in total. The maximum atomic E-state index is 12.5. The highest BCUT2D eigenvalue weighted by atomic mass is 16.5. The molecular formula is C24H27N7O3. The number of hydrogen-bond acceptors (Lipinski definition) is 7. The lowest BCUT2D eigenvalue weighted by Gasteiger charge is -2.34. The van der Waals surface area contributed by atoms with E-state index in [-0.39, 0.29) is 18.9 Å². The number of nitrogens with one attached hydrogen (secondary N) is 2. The SMILES string of the molecule is Cc1ccc(Oc2ccc(NC(=O)NCCC(=O)N3CCN(c4ncccn4)CC3)cn2)cc1. The number of urea groups is 1. The van der Waals surface area contributed by atoms with Crippen LogP contribution in [0.25, 0.3) is 0 Å². The molecule has 0 bridgehead atoms. The standard InChI is InChI=1S/C24H27N7O3/c1-18-3-6-20(7-4-18)34-21-8-5-19(17-28-21)29-24(33)27-12-9-22(32)30-13-15-31(16-14-30)23-25-10-2-11-26-23/h2-8,10-11,17H,9,12-16H2,1H3,(H2,27,29,33). The van der Waals surface area contributed by atoms with Crippen molar-refractivity contribution in [3.63, 3.8) is 0 Å². The van der Waals surface area contributed by atoms with Crippen LogP contribution in [0.2, 0.25) is 0 Å². The van der Waals surface area contributed by atoms with E-state index in [1.165, 1.54) is 6.20 Å². The molecule has 1 saturated heterocycles. The van der Waals surface area contributed by atoms with Crippen LogP contribution in [0.1, 0.15) is 12.0 Å². The number of rotatable bonds is 7. The van der Waals surface area contributed by atoms with Crippen LogP contribution in [0.3, 0.4) is 0 Å². The first-order valence-corrected chi connectivity index (χ1v) is 11.1. The Hall–Kier alpha value is -4.21. The van der Waals surface area contributed by atoms with Crippen molar-refractivity contribution >= 4 is 23.6 Å². The summed E-state index contributed by atoms with van der Waals surface area (Å²) < 4.78 is 5.68. The molecule has 0 aliphatic carbocycles. The molecule has 1 aliphatic rings. The quantitative estimate of drug-likeness (QED) is 0.556. The molecule has 10 nitrogen and oxygen atoms in total. The van der Waals surface area contributed by atoms with E-state index in [1.54, 1.807) is 35.5 Å². The molecule has 0 unspecified atom stereocenters. The second-order valence-electron chi connectivity index (χ2n) is 7.85. The lowest BCUT2D eigenvalue weighted by atomic mass is 10.2. The number of pyridine rings is 1. The number of hydrogen-bond donors (Lipinski definition) is 2. The van der Waals surface area contributed by atoms with Crippen LogP contribution in [-0.4, -0.2) is 64.5 Å². The summed E-state index contributed by atoms with van der Waals surface area (Å²) in [5.41, 5.74) is 1.67. The highest BCUT2D eigenvalue weighted by Crippen LogP contribution is 2.20. The highest BCUT2D eigenvalue weighted by Gasteiger charge is 2.22. The van der Waals surface area contributed by atoms with Gasteiger partial charge in [0.1, 0.15) is 5.75 Å². The summed E-state index contributed by atoms with van der Waals surface area (Å²) in [6.45, 7) is 4.82. The van der Waals surface area contributed by atoms with Crippen LogP contribution < -0.4 is 20.3 Å². The van der Waals surface area contributed by atoms with E-state index in [4.69, 9.17) is 4.74 Å². The molecule has 176 valence electrons. The Labute approximate surface area is 198 Å². The fourth-order valence-electron chi connectivity index (χ4n) is 3.47. The highest BCUT2D eigenvalue weighted by molar-refractivity contribution is 5.89. The summed E-state index contributed by atoms with van der Waals surface area (Å²) in [5, 5.41) is 5.41. The number of benzene rings is 1. The Morgan fingerprint density at radius 1 is 0.971 bits per heavy atom. The van der Waals surface area contributed by atoms with Gasteiger partial charge < -0.3 is 25.2 Å². The second-order valence-corrected chi connectivity index (χ2v) is 7.85. The van der Waals surface area contributed by atoms with Gasteiger partial charge in [0.05, 0.1) is 11.9 Å². The number of carbonyl (C=O) groups is 2. The Morgan fingerprint density at radius 2 is 1.71 bits per heavy atom. The summed E-state index contributed by atoms with van der Waals surface area (Å²) in [6, 6.07) is 12.4. The van der Waals surface area contributed by atoms with Gasteiger partial charge in [-0.1, -0.05) is 17.7 Å². The van der Waals surface area contributed by atoms with Gasteiger partial charge in [0, 0.05) is 57.6 Å². The summed E-state index contributed by atoms with van der Waals surface area (Å²) in [6.07, 6.45) is 5.17. The zero-order chi connectivity index (χ0) is 23.8. The molecule has 10 heteroatoms. The monoisotopic (exact) mass is 461 g/mol. The van der Waals surface area contributed by atoms with Crippen LogP contribution in [0.4, 0.5) is 16.4 Å². The third-order valence-electron chi connectivity index (χ3n) is 5.33. The summed E-state index contributed by atoms with van der Waals surface area (Å²) in [5.74, 6) is 1.81. The number of aromatic nitrogens is 3. The Morgan fingerprint density at radius 3 is 2.38 bits per heavy atom. The van der Waals surface area contributed by atoms with E-state index in [1.807, 2.05) is 31.2 Å². The topological polar surface area (TPSA) is 113 Å². The van der Waals surface area contributed by atoms with Gasteiger partial charge in [0.2, 0.25) is 17.7 Å². The fourth-order valence-corrected chi connectivity index (χ4v) is 3.47. The summed E-state index contributed by atoms with van der Waals surface area (Å²) in [4.78, 5) is 41.2. The van der Waals surface area contributed by atoms with Gasteiger partial charge >= 0.3 is 6.03 Å². The van der Waals surface area contributed by atoms with Gasteiger partial charge in [-0.15, -0.1) is 0 Å². The lowest BCUT2D eigenvalue weighted by molar-refractivity contribution is -0.131. The maximum Gasteiger partial charge on any atom is 0.319 e. The predicted molar refractivity (Wildman–Crippen MR) is 128 cm³/mol. The van der Waals surface area contributed by atoms with Crippen LogP contribution in [0.15, 0.2) is 61.1 Å². The van der Waals surface area contributed by atoms with Gasteiger partial charge in [-0.05, 0) is 31.2 Å². The minimum Gasteiger partial charge on any atom is -0.439 e. The molecule has 3 aromatic rings. The smallest absolute Gasteiger partial charge is 0.319 e. The molecule has 1 aromatic carbocycles. The zero-order valence-corrected chi connectivity index (χ0v) is 19.0. The molecule has 3 heterocycles. The van der Waals surface area contributed by atoms with Crippen molar-refractivity contribution in [2.75, 3.05) is 42.9 Å². The number of anilines is 2. The van der Waals surface area contributed by atoms with Crippen molar-refractivity contribution in [1.29, 1.82) is 0 Å². The fraction of sp³-hybridized carbons (Fsp3) is 0.292. The normalized spacial score (nSPS) is 13.3. The molecule has 3 amide bonds. The average Bonchev–Trinajstić information content (AvgIpc) is 2.87. The van der Waals surface area contributed by atoms with Crippen molar-refractivity contribution in [3.8, 4) is 11.6 Å². The van der Waals surface area contributed by atoms with Crippen molar-refractivity contribution < 1.29 is 14.3 Å². The van der Waals surface area contributed by atoms with Gasteiger partial charge in [0.25, 0.3) is 0 Å². The number of amides is 3. The van der Waals surface area contributed by atoms with Crippen molar-refractivity contribution in [1.82, 2.24) is 25.2 Å². The molecule has 2 aromatic heterocycles. The van der Waals surface area contributed by atoms with Crippen molar-refractivity contribution in [3.05, 3.63) is 66.6 Å². The average molecular weight is 462 g/mol. The number of ether oxygens (including phenoxy) is 1. The van der Waals surface area contributed by atoms with Crippen molar-refractivity contribution in [2.45, 2.75) is 13.3 Å². The first-order chi connectivity index (χ1) is 16.6. The van der Waals surface area contributed by atoms with E-state index < -0.39 is 6.03 Å². The van der Waals surface area contributed by atoms with Gasteiger partial charge in [-0.2, -0.15) is 0 Å². The second kappa shape index (κ2) is 11.1. The number of piperazine rings is 1. The third-order valence-corrected chi connectivity index (χ3v) is 5.33. The van der Waals surface area contributed by atoms with Crippen LogP contribution in [-0.2, 0) is 4.79 Å². The predicted octanol–water partition coefficient (Wildman–Crippen LogP) is 2.83. The molecule has 34 heavy (non-hydrogen) atoms. The van der Waals surface area contributed by atoms with E-state index in [0.717, 1.165) is 5.56 Å². The lowest BCUT2D eigenvalue weighted by Crippen LogP contribution is -2.49. The van der Waals surface area contributed by atoms with Gasteiger partial charge in [-0.25, -0.2) is 19.7 Å². The Balaban J connectivity index is 1.15. The molecule has 0 atom stereocenters. The van der Waals surface area contributed by atoms with E-state index in [0.29, 0.717) is 49.4 Å². The van der Waals surface area contributed by atoms with Crippen LogP contribution in [0, 0.1) is 6.92 Å². The van der Waals surface area contributed by atoms with Crippen molar-refractivity contribution in [2.24, 2.45) is 0 Å². The minimum absolute atomic E-state index is 0.00760. The summed E-state index contributed by atoms with van der Waals surface area (Å²) in [7, 11) is 0. The van der Waals surface area contributed by atoms with Gasteiger partial charge in [-0.3, -0.25) is 4.79 Å². The molecule has 4 rings (SSSR count). The molecule has 1 fully saturated rings. The number of aryl methyl sites for hydroxylation is 1. The van der Waals surface area contributed by atoms with Crippen LogP contribution >= 0.6 is 0 Å². The van der Waals surface area contributed by atoms with Crippen LogP contribution in [0.5, 0.6) is 11.6 Å². The third kappa shape index (κ3) is 6.41. The molecule has 0 saturated carbocycles. The van der Waals surface area contributed by atoms with E-state index in [2.05, 4.69) is 30.5 Å². The number of carbonyl (C=O) groups excluding carboxylic acids is 2. The first kappa shape index (κ1) is 23.0. The maximum absolute atomic E-state index is 12.5. The first-order valence-electron chi connectivity index (χ1n) is 11.1. The minimum atomic E-state index is -0.396. The molecule has 1 aliphatic heterocycles. The Kier molecular flexibility index (Phi) is 7.49. The van der Waals surface area contributed by atoms with E-state index >= 15 is 0 Å². The zero-order valence-electron chi connectivity index (χ0n) is 19.0. The molecular weight excluding hydrogens is 434 g/mol. The van der Waals surface area contributed by atoms with E-state index in [9.17, 15) is 9.59 Å². The molecule has 0 spiro atoms. The van der Waals surface area contributed by atoms with Gasteiger partial charge in [0.15, 0.2) is 0 Å². The summed E-state index contributed by atoms with van der Waals surface area (Å²) >= 11 is 0.